The highest BCUT2D eigenvalue weighted by atomic mass is 32.2. The van der Waals surface area contributed by atoms with Crippen molar-refractivity contribution >= 4 is 28.1 Å². The first-order chi connectivity index (χ1) is 19.4. The number of benzene rings is 3. The van der Waals surface area contributed by atoms with Crippen molar-refractivity contribution in [1.29, 1.82) is 0 Å². The third kappa shape index (κ3) is 8.73. The Morgan fingerprint density at radius 3 is 2.35 bits per heavy atom. The molecule has 2 N–H and O–H groups in total. The van der Waals surface area contributed by atoms with Gasteiger partial charge in [-0.2, -0.15) is 9.41 Å². The molecule has 0 unspecified atom stereocenters. The van der Waals surface area contributed by atoms with Crippen molar-refractivity contribution < 1.29 is 27.5 Å². The Hall–Kier alpha value is -4.06. The molecule has 0 saturated carbocycles. The molecule has 1 saturated heterocycles. The van der Waals surface area contributed by atoms with E-state index < -0.39 is 22.5 Å². The van der Waals surface area contributed by atoms with Crippen LogP contribution in [0, 0.1) is 0 Å². The molecule has 10 nitrogen and oxygen atoms in total. The number of nitrogens with one attached hydrogen (secondary N) is 2. The Kier molecular flexibility index (Phi) is 10.4. The van der Waals surface area contributed by atoms with Gasteiger partial charge in [0.1, 0.15) is 5.75 Å². The summed E-state index contributed by atoms with van der Waals surface area (Å²) in [7, 11) is -3.92. The molecule has 210 valence electrons. The zero-order valence-electron chi connectivity index (χ0n) is 21.9. The summed E-state index contributed by atoms with van der Waals surface area (Å²) in [6.45, 7) is 0.723. The molecule has 1 heterocycles. The average molecular weight is 565 g/mol. The number of nitrogens with zero attached hydrogens (tertiary/aromatic N) is 2. The van der Waals surface area contributed by atoms with Crippen molar-refractivity contribution in [2.75, 3.05) is 26.3 Å². The van der Waals surface area contributed by atoms with Gasteiger partial charge in [-0.15, -0.1) is 0 Å². The highest BCUT2D eigenvalue weighted by Crippen LogP contribution is 2.18. The molecule has 2 amide bonds. The van der Waals surface area contributed by atoms with E-state index in [0.717, 1.165) is 29.3 Å². The Morgan fingerprint density at radius 1 is 0.975 bits per heavy atom. The van der Waals surface area contributed by atoms with Crippen LogP contribution in [-0.4, -0.2) is 63.2 Å². The van der Waals surface area contributed by atoms with Crippen LogP contribution < -0.4 is 15.5 Å². The molecule has 1 atom stereocenters. The normalized spacial score (nSPS) is 15.3. The van der Waals surface area contributed by atoms with Gasteiger partial charge in [0.25, 0.3) is 11.8 Å². The molecule has 40 heavy (non-hydrogen) atoms. The number of carbonyl (C=O) groups is 2. The van der Waals surface area contributed by atoms with E-state index in [2.05, 4.69) is 15.8 Å². The molecule has 1 fully saturated rings. The molecule has 1 aliphatic rings. The SMILES string of the molecule is O=C(COc1ccc(/C=N/NC(=O)CN(Cc2ccccc2)S(=O)(=O)c2ccccc2)cc1)NC[C@H]1CCCO1. The molecule has 4 rings (SSSR count). The minimum atomic E-state index is -3.92. The minimum absolute atomic E-state index is 0.0308. The lowest BCUT2D eigenvalue weighted by atomic mass is 10.2. The summed E-state index contributed by atoms with van der Waals surface area (Å²) in [5.41, 5.74) is 3.82. The molecule has 11 heteroatoms. The van der Waals surface area contributed by atoms with E-state index >= 15 is 0 Å². The van der Waals surface area contributed by atoms with Crippen LogP contribution in [0.2, 0.25) is 0 Å². The van der Waals surface area contributed by atoms with E-state index in [9.17, 15) is 18.0 Å². The number of hydrazone groups is 1. The molecular formula is C29H32N4O6S. The maximum Gasteiger partial charge on any atom is 0.258 e. The zero-order chi connectivity index (χ0) is 28.2. The molecule has 0 radical (unpaired) electrons. The largest absolute Gasteiger partial charge is 0.484 e. The molecule has 0 bridgehead atoms. The summed E-state index contributed by atoms with van der Waals surface area (Å²) in [6, 6.07) is 23.9. The van der Waals surface area contributed by atoms with Crippen LogP contribution >= 0.6 is 0 Å². The Morgan fingerprint density at radius 2 is 1.68 bits per heavy atom. The first kappa shape index (κ1) is 28.9. The first-order valence-electron chi connectivity index (χ1n) is 12.9. The zero-order valence-corrected chi connectivity index (χ0v) is 22.8. The van der Waals surface area contributed by atoms with Gasteiger partial charge >= 0.3 is 0 Å². The van der Waals surface area contributed by atoms with Crippen molar-refractivity contribution in [2.24, 2.45) is 5.10 Å². The van der Waals surface area contributed by atoms with Crippen molar-refractivity contribution in [3.05, 3.63) is 96.1 Å². The topological polar surface area (TPSA) is 126 Å². The van der Waals surface area contributed by atoms with Crippen molar-refractivity contribution in [1.82, 2.24) is 15.0 Å². The molecule has 1 aliphatic heterocycles. The van der Waals surface area contributed by atoms with E-state index in [1.54, 1.807) is 54.6 Å². The quantitative estimate of drug-likeness (QED) is 0.243. The van der Waals surface area contributed by atoms with Crippen molar-refractivity contribution in [3.63, 3.8) is 0 Å². The predicted octanol–water partition coefficient (Wildman–Crippen LogP) is 2.70. The van der Waals surface area contributed by atoms with E-state index in [1.807, 2.05) is 18.2 Å². The summed E-state index contributed by atoms with van der Waals surface area (Å²) in [4.78, 5) is 24.7. The number of rotatable bonds is 13. The number of sulfonamides is 1. The lowest BCUT2D eigenvalue weighted by Gasteiger charge is -2.21. The predicted molar refractivity (Wildman–Crippen MR) is 150 cm³/mol. The fraction of sp³-hybridized carbons (Fsp3) is 0.276. The second kappa shape index (κ2) is 14.4. The summed E-state index contributed by atoms with van der Waals surface area (Å²) < 4.78 is 38.6. The molecule has 0 aromatic heterocycles. The standard InChI is InChI=1S/C29H32N4O6S/c34-28(21-33(20-24-8-3-1-4-9-24)40(36,37)27-11-5-2-6-12-27)32-31-18-23-13-15-25(16-14-23)39-22-29(35)30-19-26-10-7-17-38-26/h1-6,8-9,11-16,18,26H,7,10,17,19-22H2,(H,30,35)(H,32,34)/b31-18+/t26-/m1/s1. The summed E-state index contributed by atoms with van der Waals surface area (Å²) in [6.07, 6.45) is 3.47. The van der Waals surface area contributed by atoms with Crippen LogP contribution in [0.15, 0.2) is 94.9 Å². The number of amides is 2. The van der Waals surface area contributed by atoms with Crippen molar-refractivity contribution in [3.8, 4) is 5.75 Å². The molecule has 0 aliphatic carbocycles. The molecule has 0 spiro atoms. The van der Waals surface area contributed by atoms with Crippen molar-refractivity contribution in [2.45, 2.75) is 30.4 Å². The first-order valence-corrected chi connectivity index (χ1v) is 14.4. The van der Waals surface area contributed by atoms with Gasteiger partial charge in [-0.05, 0) is 60.4 Å². The summed E-state index contributed by atoms with van der Waals surface area (Å²) >= 11 is 0. The van der Waals surface area contributed by atoms with E-state index in [1.165, 1.54) is 18.3 Å². The van der Waals surface area contributed by atoms with Crippen LogP contribution in [0.3, 0.4) is 0 Å². The van der Waals surface area contributed by atoms with Crippen LogP contribution in [0.25, 0.3) is 0 Å². The van der Waals surface area contributed by atoms with Gasteiger partial charge in [0, 0.05) is 19.7 Å². The Labute approximate surface area is 234 Å². The van der Waals surface area contributed by atoms with Gasteiger partial charge < -0.3 is 14.8 Å². The number of hydrogen-bond donors (Lipinski definition) is 2. The highest BCUT2D eigenvalue weighted by Gasteiger charge is 2.26. The second-order valence-electron chi connectivity index (χ2n) is 9.16. The van der Waals surface area contributed by atoms with E-state index in [0.29, 0.717) is 17.9 Å². The monoisotopic (exact) mass is 564 g/mol. The molecule has 3 aromatic carbocycles. The molecular weight excluding hydrogens is 532 g/mol. The fourth-order valence-corrected chi connectivity index (χ4v) is 5.42. The highest BCUT2D eigenvalue weighted by molar-refractivity contribution is 7.89. The molecule has 3 aromatic rings. The maximum absolute atomic E-state index is 13.3. The van der Waals surface area contributed by atoms with E-state index in [-0.39, 0.29) is 30.1 Å². The van der Waals surface area contributed by atoms with Gasteiger partial charge in [0.05, 0.1) is 23.8 Å². The number of hydrogen-bond acceptors (Lipinski definition) is 7. The third-order valence-electron chi connectivity index (χ3n) is 6.11. The average Bonchev–Trinajstić information content (AvgIpc) is 3.50. The maximum atomic E-state index is 13.3. The smallest absolute Gasteiger partial charge is 0.258 e. The van der Waals surface area contributed by atoms with Gasteiger partial charge in [0.2, 0.25) is 10.0 Å². The van der Waals surface area contributed by atoms with Gasteiger partial charge in [-0.1, -0.05) is 48.5 Å². The lowest BCUT2D eigenvalue weighted by Crippen LogP contribution is -2.39. The number of ether oxygens (including phenoxy) is 2. The van der Waals surface area contributed by atoms with Gasteiger partial charge in [-0.25, -0.2) is 13.8 Å². The third-order valence-corrected chi connectivity index (χ3v) is 7.91. The van der Waals surface area contributed by atoms with Gasteiger partial charge in [-0.3, -0.25) is 9.59 Å². The second-order valence-corrected chi connectivity index (χ2v) is 11.1. The van der Waals surface area contributed by atoms with Gasteiger partial charge in [0.15, 0.2) is 6.61 Å². The summed E-state index contributed by atoms with van der Waals surface area (Å²) in [5, 5.41) is 6.76. The van der Waals surface area contributed by atoms with E-state index in [4.69, 9.17) is 9.47 Å². The number of carbonyl (C=O) groups excluding carboxylic acids is 2. The van der Waals surface area contributed by atoms with Crippen LogP contribution in [0.1, 0.15) is 24.0 Å². The Bertz CT molecular complexity index is 1380. The van der Waals surface area contributed by atoms with Crippen LogP contribution in [0.4, 0.5) is 0 Å². The van der Waals surface area contributed by atoms with Crippen LogP contribution in [-0.2, 0) is 30.9 Å². The Balaban J connectivity index is 1.28. The van der Waals surface area contributed by atoms with Crippen LogP contribution in [0.5, 0.6) is 5.75 Å². The fourth-order valence-electron chi connectivity index (χ4n) is 4.01. The lowest BCUT2D eigenvalue weighted by molar-refractivity contribution is -0.123. The minimum Gasteiger partial charge on any atom is -0.484 e. The summed E-state index contributed by atoms with van der Waals surface area (Å²) in [5.74, 6) is -0.295.